The standard InChI is InChI=1S/C29H59NO4/c1-3-5-7-9-11-13-14-15-16-18-20-22-24-28(33)30-26(25-31)29(34)27(32)23-21-19-17-12-10-8-6-4-2/h26-27,29,31-32,34H,3-25H2,1-2H3,(H,30,33)/t26-,27+,29-/m0/s1. The Kier molecular flexibility index (Phi) is 25.0. The normalized spacial score (nSPS) is 14.1. The van der Waals surface area contributed by atoms with E-state index >= 15 is 0 Å². The van der Waals surface area contributed by atoms with E-state index in [4.69, 9.17) is 0 Å². The average Bonchev–Trinajstić information content (AvgIpc) is 2.84. The van der Waals surface area contributed by atoms with Crippen LogP contribution in [0.4, 0.5) is 0 Å². The Morgan fingerprint density at radius 1 is 0.618 bits per heavy atom. The molecule has 4 N–H and O–H groups in total. The first kappa shape index (κ1) is 33.4. The molecule has 0 unspecified atom stereocenters. The van der Waals surface area contributed by atoms with Crippen LogP contribution in [0.1, 0.15) is 155 Å². The van der Waals surface area contributed by atoms with Crippen molar-refractivity contribution in [1.29, 1.82) is 0 Å². The van der Waals surface area contributed by atoms with E-state index in [1.54, 1.807) is 0 Å². The van der Waals surface area contributed by atoms with Gasteiger partial charge >= 0.3 is 0 Å². The van der Waals surface area contributed by atoms with Crippen molar-refractivity contribution in [2.24, 2.45) is 0 Å². The van der Waals surface area contributed by atoms with Gasteiger partial charge in [0.15, 0.2) is 0 Å². The van der Waals surface area contributed by atoms with E-state index in [1.807, 2.05) is 0 Å². The third kappa shape index (κ3) is 20.7. The van der Waals surface area contributed by atoms with E-state index < -0.39 is 18.2 Å². The number of carbonyl (C=O) groups is 1. The Hall–Kier alpha value is -0.650. The quantitative estimate of drug-likeness (QED) is 0.101. The highest BCUT2D eigenvalue weighted by molar-refractivity contribution is 5.76. The van der Waals surface area contributed by atoms with E-state index in [1.165, 1.54) is 89.9 Å². The second-order valence-electron chi connectivity index (χ2n) is 10.3. The van der Waals surface area contributed by atoms with Crippen LogP contribution in [0.15, 0.2) is 0 Å². The van der Waals surface area contributed by atoms with Crippen LogP contribution in [0.5, 0.6) is 0 Å². The summed E-state index contributed by atoms with van der Waals surface area (Å²) in [5.41, 5.74) is 0. The van der Waals surface area contributed by atoms with Crippen molar-refractivity contribution >= 4 is 5.91 Å². The third-order valence-corrected chi connectivity index (χ3v) is 6.96. The number of carbonyl (C=O) groups excluding carboxylic acids is 1. The number of amides is 1. The molecule has 5 nitrogen and oxygen atoms in total. The second kappa shape index (κ2) is 25.4. The van der Waals surface area contributed by atoms with Crippen LogP contribution in [0.3, 0.4) is 0 Å². The van der Waals surface area contributed by atoms with Crippen LogP contribution in [0.25, 0.3) is 0 Å². The molecule has 204 valence electrons. The first-order chi connectivity index (χ1) is 16.6. The lowest BCUT2D eigenvalue weighted by Crippen LogP contribution is -2.50. The van der Waals surface area contributed by atoms with Gasteiger partial charge in [0.1, 0.15) is 6.10 Å². The summed E-state index contributed by atoms with van der Waals surface area (Å²) < 4.78 is 0. The first-order valence-corrected chi connectivity index (χ1v) is 14.8. The number of aliphatic hydroxyl groups is 3. The van der Waals surface area contributed by atoms with Gasteiger partial charge in [-0.1, -0.05) is 136 Å². The maximum atomic E-state index is 12.2. The van der Waals surface area contributed by atoms with Crippen molar-refractivity contribution in [3.05, 3.63) is 0 Å². The molecule has 0 saturated heterocycles. The van der Waals surface area contributed by atoms with Crippen molar-refractivity contribution in [2.45, 2.75) is 173 Å². The molecule has 0 aliphatic rings. The lowest BCUT2D eigenvalue weighted by Gasteiger charge is -2.26. The highest BCUT2D eigenvalue weighted by Gasteiger charge is 2.26. The van der Waals surface area contributed by atoms with Gasteiger partial charge in [0.2, 0.25) is 5.91 Å². The summed E-state index contributed by atoms with van der Waals surface area (Å²) in [6.45, 7) is 4.11. The molecule has 0 saturated carbocycles. The maximum absolute atomic E-state index is 12.2. The number of unbranched alkanes of at least 4 members (excludes halogenated alkanes) is 18. The number of hydrogen-bond donors (Lipinski definition) is 4. The Labute approximate surface area is 211 Å². The van der Waals surface area contributed by atoms with Gasteiger partial charge in [-0.2, -0.15) is 0 Å². The van der Waals surface area contributed by atoms with Crippen LogP contribution in [-0.4, -0.2) is 46.1 Å². The van der Waals surface area contributed by atoms with Crippen molar-refractivity contribution in [3.8, 4) is 0 Å². The van der Waals surface area contributed by atoms with Crippen LogP contribution < -0.4 is 5.32 Å². The van der Waals surface area contributed by atoms with Gasteiger partial charge in [0, 0.05) is 6.42 Å². The van der Waals surface area contributed by atoms with E-state index in [2.05, 4.69) is 19.2 Å². The van der Waals surface area contributed by atoms with Crippen molar-refractivity contribution in [1.82, 2.24) is 5.32 Å². The van der Waals surface area contributed by atoms with E-state index in [9.17, 15) is 20.1 Å². The molecule has 0 spiro atoms. The summed E-state index contributed by atoms with van der Waals surface area (Å²) in [5, 5.41) is 33.0. The van der Waals surface area contributed by atoms with Gasteiger partial charge in [-0.25, -0.2) is 0 Å². The molecular weight excluding hydrogens is 426 g/mol. The summed E-state index contributed by atoms with van der Waals surface area (Å²) >= 11 is 0. The topological polar surface area (TPSA) is 89.8 Å². The van der Waals surface area contributed by atoms with E-state index in [-0.39, 0.29) is 12.5 Å². The summed E-state index contributed by atoms with van der Waals surface area (Å²) in [6.07, 6.45) is 23.3. The van der Waals surface area contributed by atoms with Crippen LogP contribution >= 0.6 is 0 Å². The number of hydrogen-bond acceptors (Lipinski definition) is 4. The molecule has 0 aliphatic carbocycles. The number of nitrogens with one attached hydrogen (secondary N) is 1. The predicted octanol–water partition coefficient (Wildman–Crippen LogP) is 6.81. The highest BCUT2D eigenvalue weighted by Crippen LogP contribution is 2.14. The fourth-order valence-corrected chi connectivity index (χ4v) is 4.57. The minimum Gasteiger partial charge on any atom is -0.394 e. The molecule has 0 fully saturated rings. The average molecular weight is 486 g/mol. The van der Waals surface area contributed by atoms with E-state index in [0.29, 0.717) is 12.8 Å². The lowest BCUT2D eigenvalue weighted by atomic mass is 9.99. The van der Waals surface area contributed by atoms with Crippen molar-refractivity contribution in [2.75, 3.05) is 6.61 Å². The van der Waals surface area contributed by atoms with Crippen molar-refractivity contribution in [3.63, 3.8) is 0 Å². The second-order valence-corrected chi connectivity index (χ2v) is 10.3. The minimum absolute atomic E-state index is 0.149. The third-order valence-electron chi connectivity index (χ3n) is 6.96. The van der Waals surface area contributed by atoms with Gasteiger partial charge in [0.05, 0.1) is 18.8 Å². The van der Waals surface area contributed by atoms with Crippen molar-refractivity contribution < 1.29 is 20.1 Å². The van der Waals surface area contributed by atoms with Gasteiger partial charge in [-0.3, -0.25) is 4.79 Å². The fourth-order valence-electron chi connectivity index (χ4n) is 4.57. The Morgan fingerprint density at radius 3 is 1.41 bits per heavy atom. The molecule has 0 aromatic carbocycles. The monoisotopic (exact) mass is 485 g/mol. The zero-order chi connectivity index (χ0) is 25.3. The van der Waals surface area contributed by atoms with Gasteiger partial charge in [0.25, 0.3) is 0 Å². The Balaban J connectivity index is 3.75. The van der Waals surface area contributed by atoms with Gasteiger partial charge in [-0.15, -0.1) is 0 Å². The summed E-state index contributed by atoms with van der Waals surface area (Å²) in [6, 6.07) is -0.797. The lowest BCUT2D eigenvalue weighted by molar-refractivity contribution is -0.124. The molecule has 0 aliphatic heterocycles. The molecule has 0 rings (SSSR count). The first-order valence-electron chi connectivity index (χ1n) is 14.8. The molecule has 3 atom stereocenters. The smallest absolute Gasteiger partial charge is 0.220 e. The SMILES string of the molecule is CCCCCCCCCCCCCCC(=O)N[C@@H](CO)[C@H](O)[C@H](O)CCCCCCCCCC. The molecule has 0 aromatic heterocycles. The largest absolute Gasteiger partial charge is 0.394 e. The molecule has 0 aromatic rings. The highest BCUT2D eigenvalue weighted by atomic mass is 16.3. The summed E-state index contributed by atoms with van der Waals surface area (Å²) in [4.78, 5) is 12.2. The van der Waals surface area contributed by atoms with Gasteiger partial charge in [-0.05, 0) is 12.8 Å². The van der Waals surface area contributed by atoms with E-state index in [0.717, 1.165) is 38.5 Å². The minimum atomic E-state index is -1.12. The molecule has 0 bridgehead atoms. The molecule has 1 amide bonds. The fraction of sp³-hybridized carbons (Fsp3) is 0.966. The predicted molar refractivity (Wildman–Crippen MR) is 144 cm³/mol. The number of rotatable bonds is 26. The molecular formula is C29H59NO4. The molecule has 34 heavy (non-hydrogen) atoms. The van der Waals surface area contributed by atoms with Crippen LogP contribution in [0, 0.1) is 0 Å². The molecule has 0 radical (unpaired) electrons. The summed E-state index contributed by atoms with van der Waals surface area (Å²) in [5.74, 6) is -0.149. The molecule has 0 heterocycles. The Bertz CT molecular complexity index is 432. The maximum Gasteiger partial charge on any atom is 0.220 e. The van der Waals surface area contributed by atoms with Crippen LogP contribution in [0.2, 0.25) is 0 Å². The molecule has 5 heteroatoms. The van der Waals surface area contributed by atoms with Gasteiger partial charge < -0.3 is 20.6 Å². The zero-order valence-electron chi connectivity index (χ0n) is 22.7. The Morgan fingerprint density at radius 2 is 1.00 bits per heavy atom. The zero-order valence-corrected chi connectivity index (χ0v) is 22.7. The summed E-state index contributed by atoms with van der Waals surface area (Å²) in [7, 11) is 0. The van der Waals surface area contributed by atoms with Crippen LogP contribution in [-0.2, 0) is 4.79 Å². The number of aliphatic hydroxyl groups excluding tert-OH is 3.